The first kappa shape index (κ1) is 12.4. The van der Waals surface area contributed by atoms with E-state index in [9.17, 15) is 4.79 Å². The molecule has 0 bridgehead atoms. The summed E-state index contributed by atoms with van der Waals surface area (Å²) in [6, 6.07) is 0.506. The zero-order valence-electron chi connectivity index (χ0n) is 11.0. The van der Waals surface area contributed by atoms with E-state index in [1.165, 1.54) is 32.1 Å². The molecule has 1 aliphatic carbocycles. The van der Waals surface area contributed by atoms with Crippen molar-refractivity contribution in [3.63, 3.8) is 0 Å². The molecule has 3 aliphatic rings. The monoisotopic (exact) mass is 252 g/mol. The van der Waals surface area contributed by atoms with Crippen LogP contribution in [0.25, 0.3) is 0 Å². The molecule has 2 N–H and O–H groups in total. The van der Waals surface area contributed by atoms with Crippen LogP contribution in [0, 0.1) is 5.92 Å². The normalized spacial score (nSPS) is 39.9. The number of likely N-dealkylation sites (tertiary alicyclic amines) is 1. The summed E-state index contributed by atoms with van der Waals surface area (Å²) in [5.74, 6) is 0.995. The van der Waals surface area contributed by atoms with Gasteiger partial charge in [0.15, 0.2) is 0 Å². The Kier molecular flexibility index (Phi) is 3.57. The van der Waals surface area contributed by atoms with Crippen LogP contribution >= 0.6 is 0 Å². The smallest absolute Gasteiger partial charge is 0.251 e. The summed E-state index contributed by atoms with van der Waals surface area (Å²) in [5.41, 5.74) is 5.61. The Morgan fingerprint density at radius 1 is 1.17 bits per heavy atom. The minimum absolute atomic E-state index is 0.101. The fourth-order valence-corrected chi connectivity index (χ4v) is 3.93. The molecule has 3 fully saturated rings. The van der Waals surface area contributed by atoms with Gasteiger partial charge in [0.1, 0.15) is 6.10 Å². The van der Waals surface area contributed by atoms with Crippen molar-refractivity contribution in [1.82, 2.24) is 4.90 Å². The van der Waals surface area contributed by atoms with Gasteiger partial charge in [0, 0.05) is 19.1 Å². The molecule has 0 aromatic carbocycles. The lowest BCUT2D eigenvalue weighted by Gasteiger charge is -2.33. The Balaban J connectivity index is 1.62. The first-order valence-corrected chi connectivity index (χ1v) is 7.45. The zero-order chi connectivity index (χ0) is 12.5. The third-order valence-electron chi connectivity index (χ3n) is 4.94. The second-order valence-corrected chi connectivity index (χ2v) is 5.99. The maximum absolute atomic E-state index is 12.5. The molecule has 4 unspecified atom stereocenters. The molecule has 4 atom stereocenters. The highest BCUT2D eigenvalue weighted by atomic mass is 16.5. The number of fused-ring (bicyclic) bond motifs is 1. The molecule has 1 saturated carbocycles. The number of nitrogens with zero attached hydrogens (tertiary/aromatic N) is 1. The standard InChI is InChI=1S/C14H24N2O2/c15-9-11-5-6-13(18-11)14(17)16-8-7-10-3-1-2-4-12(10)16/h10-13H,1-9,15H2. The zero-order valence-corrected chi connectivity index (χ0v) is 11.0. The summed E-state index contributed by atoms with van der Waals surface area (Å²) in [6.45, 7) is 1.48. The van der Waals surface area contributed by atoms with Gasteiger partial charge in [-0.1, -0.05) is 12.8 Å². The third-order valence-corrected chi connectivity index (χ3v) is 4.94. The van der Waals surface area contributed by atoms with Gasteiger partial charge >= 0.3 is 0 Å². The molecule has 4 nitrogen and oxygen atoms in total. The highest BCUT2D eigenvalue weighted by Crippen LogP contribution is 2.37. The van der Waals surface area contributed by atoms with Crippen molar-refractivity contribution in [1.29, 1.82) is 0 Å². The molecule has 102 valence electrons. The fourth-order valence-electron chi connectivity index (χ4n) is 3.93. The fraction of sp³-hybridized carbons (Fsp3) is 0.929. The predicted molar refractivity (Wildman–Crippen MR) is 69.0 cm³/mol. The van der Waals surface area contributed by atoms with E-state index >= 15 is 0 Å². The second-order valence-electron chi connectivity index (χ2n) is 5.99. The van der Waals surface area contributed by atoms with Gasteiger partial charge in [-0.05, 0) is 38.0 Å². The number of carbonyl (C=O) groups excluding carboxylic acids is 1. The Labute approximate surface area is 109 Å². The molecule has 0 radical (unpaired) electrons. The topological polar surface area (TPSA) is 55.6 Å². The molecular weight excluding hydrogens is 228 g/mol. The van der Waals surface area contributed by atoms with Crippen LogP contribution in [0.2, 0.25) is 0 Å². The van der Waals surface area contributed by atoms with Crippen LogP contribution in [-0.4, -0.2) is 42.1 Å². The highest BCUT2D eigenvalue weighted by Gasteiger charge is 2.42. The molecule has 3 rings (SSSR count). The Hall–Kier alpha value is -0.610. The van der Waals surface area contributed by atoms with Crippen LogP contribution < -0.4 is 5.73 Å². The molecule has 2 aliphatic heterocycles. The molecular formula is C14H24N2O2. The average Bonchev–Trinajstić information content (AvgIpc) is 3.04. The van der Waals surface area contributed by atoms with Crippen LogP contribution in [-0.2, 0) is 9.53 Å². The number of carbonyl (C=O) groups is 1. The van der Waals surface area contributed by atoms with Crippen LogP contribution in [0.1, 0.15) is 44.9 Å². The number of amides is 1. The molecule has 0 aromatic rings. The van der Waals surface area contributed by atoms with Crippen LogP contribution in [0.4, 0.5) is 0 Å². The molecule has 4 heteroatoms. The highest BCUT2D eigenvalue weighted by molar-refractivity contribution is 5.81. The molecule has 0 spiro atoms. The first-order chi connectivity index (χ1) is 8.79. The summed E-state index contributed by atoms with van der Waals surface area (Å²) in [7, 11) is 0. The van der Waals surface area contributed by atoms with E-state index in [1.54, 1.807) is 0 Å². The number of nitrogens with two attached hydrogens (primary N) is 1. The minimum Gasteiger partial charge on any atom is -0.364 e. The van der Waals surface area contributed by atoms with Crippen LogP contribution in [0.15, 0.2) is 0 Å². The maximum atomic E-state index is 12.5. The van der Waals surface area contributed by atoms with Crippen molar-refractivity contribution >= 4 is 5.91 Å². The molecule has 1 amide bonds. The maximum Gasteiger partial charge on any atom is 0.251 e. The number of hydrogen-bond donors (Lipinski definition) is 1. The quantitative estimate of drug-likeness (QED) is 0.805. The molecule has 18 heavy (non-hydrogen) atoms. The van der Waals surface area contributed by atoms with Gasteiger partial charge in [0.25, 0.3) is 5.91 Å². The predicted octanol–water partition coefficient (Wildman–Crippen LogP) is 1.28. The lowest BCUT2D eigenvalue weighted by molar-refractivity contribution is -0.144. The average molecular weight is 252 g/mol. The van der Waals surface area contributed by atoms with Gasteiger partial charge in [-0.25, -0.2) is 0 Å². The SMILES string of the molecule is NCC1CCC(C(=O)N2CCC3CCCCC32)O1. The summed E-state index contributed by atoms with van der Waals surface area (Å²) in [5, 5.41) is 0. The van der Waals surface area contributed by atoms with E-state index < -0.39 is 0 Å². The lowest BCUT2D eigenvalue weighted by atomic mass is 9.85. The lowest BCUT2D eigenvalue weighted by Crippen LogP contribution is -2.44. The number of rotatable bonds is 2. The van der Waals surface area contributed by atoms with Gasteiger partial charge in [-0.2, -0.15) is 0 Å². The Morgan fingerprint density at radius 3 is 2.78 bits per heavy atom. The number of ether oxygens (including phenoxy) is 1. The Bertz CT molecular complexity index is 321. The van der Waals surface area contributed by atoms with Gasteiger partial charge in [-0.3, -0.25) is 4.79 Å². The van der Waals surface area contributed by atoms with Crippen LogP contribution in [0.5, 0.6) is 0 Å². The van der Waals surface area contributed by atoms with Crippen molar-refractivity contribution in [2.24, 2.45) is 11.7 Å². The summed E-state index contributed by atoms with van der Waals surface area (Å²) in [4.78, 5) is 14.6. The van der Waals surface area contributed by atoms with Crippen molar-refractivity contribution in [2.45, 2.75) is 63.2 Å². The van der Waals surface area contributed by atoms with E-state index in [0.717, 1.165) is 25.3 Å². The molecule has 0 aromatic heterocycles. The van der Waals surface area contributed by atoms with E-state index in [0.29, 0.717) is 12.6 Å². The summed E-state index contributed by atoms with van der Waals surface area (Å²) in [6.07, 6.45) is 8.02. The van der Waals surface area contributed by atoms with Crippen molar-refractivity contribution in [3.05, 3.63) is 0 Å². The van der Waals surface area contributed by atoms with Gasteiger partial charge in [-0.15, -0.1) is 0 Å². The van der Waals surface area contributed by atoms with Crippen molar-refractivity contribution in [2.75, 3.05) is 13.1 Å². The Morgan fingerprint density at radius 2 is 2.00 bits per heavy atom. The van der Waals surface area contributed by atoms with Gasteiger partial charge in [0.05, 0.1) is 6.10 Å². The van der Waals surface area contributed by atoms with Gasteiger partial charge in [0.2, 0.25) is 0 Å². The van der Waals surface area contributed by atoms with E-state index in [2.05, 4.69) is 4.90 Å². The van der Waals surface area contributed by atoms with Gasteiger partial charge < -0.3 is 15.4 Å². The summed E-state index contributed by atoms with van der Waals surface area (Å²) >= 11 is 0. The largest absolute Gasteiger partial charge is 0.364 e. The minimum atomic E-state index is -0.209. The van der Waals surface area contributed by atoms with E-state index in [1.807, 2.05) is 0 Å². The van der Waals surface area contributed by atoms with E-state index in [4.69, 9.17) is 10.5 Å². The third kappa shape index (κ3) is 2.16. The second kappa shape index (κ2) is 5.17. The number of hydrogen-bond acceptors (Lipinski definition) is 3. The van der Waals surface area contributed by atoms with E-state index in [-0.39, 0.29) is 18.1 Å². The van der Waals surface area contributed by atoms with Crippen molar-refractivity contribution < 1.29 is 9.53 Å². The molecule has 2 heterocycles. The summed E-state index contributed by atoms with van der Waals surface area (Å²) < 4.78 is 5.75. The van der Waals surface area contributed by atoms with Crippen molar-refractivity contribution in [3.8, 4) is 0 Å². The first-order valence-electron chi connectivity index (χ1n) is 7.45. The molecule has 2 saturated heterocycles. The van der Waals surface area contributed by atoms with Crippen LogP contribution in [0.3, 0.4) is 0 Å².